The van der Waals surface area contributed by atoms with Gasteiger partial charge in [0.25, 0.3) is 0 Å². The standard InChI is InChI=1S/C10H11Cl3N2O/c11-5-2-6-14-10(16)15-9-7(12)3-1-4-8(9)13/h1,3-4H,2,5-6H2,(H2,14,15,16). The molecule has 0 spiro atoms. The van der Waals surface area contributed by atoms with Crippen molar-refractivity contribution in [3.05, 3.63) is 28.2 Å². The maximum absolute atomic E-state index is 11.4. The van der Waals surface area contributed by atoms with E-state index in [-0.39, 0.29) is 6.03 Å². The lowest BCUT2D eigenvalue weighted by molar-refractivity contribution is 0.252. The first-order valence-corrected chi connectivity index (χ1v) is 5.99. The molecule has 0 aliphatic rings. The number of alkyl halides is 1. The molecule has 3 nitrogen and oxygen atoms in total. The van der Waals surface area contributed by atoms with Gasteiger partial charge >= 0.3 is 6.03 Å². The molecule has 0 aliphatic carbocycles. The Morgan fingerprint density at radius 2 is 1.88 bits per heavy atom. The number of anilines is 1. The van der Waals surface area contributed by atoms with Crippen LogP contribution < -0.4 is 10.6 Å². The molecule has 0 aromatic heterocycles. The van der Waals surface area contributed by atoms with Gasteiger partial charge < -0.3 is 10.6 Å². The van der Waals surface area contributed by atoms with E-state index >= 15 is 0 Å². The van der Waals surface area contributed by atoms with Crippen LogP contribution in [-0.4, -0.2) is 18.5 Å². The fraction of sp³-hybridized carbons (Fsp3) is 0.300. The van der Waals surface area contributed by atoms with Crippen LogP contribution in [0.3, 0.4) is 0 Å². The molecule has 1 rings (SSSR count). The van der Waals surface area contributed by atoms with Gasteiger partial charge in [0.05, 0.1) is 15.7 Å². The zero-order valence-corrected chi connectivity index (χ0v) is 10.7. The average molecular weight is 282 g/mol. The van der Waals surface area contributed by atoms with Crippen molar-refractivity contribution in [1.29, 1.82) is 0 Å². The Morgan fingerprint density at radius 1 is 1.25 bits per heavy atom. The first kappa shape index (κ1) is 13.4. The summed E-state index contributed by atoms with van der Waals surface area (Å²) in [7, 11) is 0. The largest absolute Gasteiger partial charge is 0.338 e. The fourth-order valence-electron chi connectivity index (χ4n) is 1.04. The summed E-state index contributed by atoms with van der Waals surface area (Å²) in [4.78, 5) is 11.4. The third-order valence-corrected chi connectivity index (χ3v) is 2.69. The summed E-state index contributed by atoms with van der Waals surface area (Å²) in [5.74, 6) is 0.507. The number of urea groups is 1. The van der Waals surface area contributed by atoms with Gasteiger partial charge in [-0.1, -0.05) is 29.3 Å². The molecule has 0 heterocycles. The van der Waals surface area contributed by atoms with Crippen LogP contribution in [0.15, 0.2) is 18.2 Å². The zero-order valence-electron chi connectivity index (χ0n) is 8.40. The molecule has 1 aromatic carbocycles. The van der Waals surface area contributed by atoms with Crippen LogP contribution in [0.4, 0.5) is 10.5 Å². The number of halogens is 3. The minimum absolute atomic E-state index is 0.347. The van der Waals surface area contributed by atoms with E-state index in [1.807, 2.05) is 0 Å². The summed E-state index contributed by atoms with van der Waals surface area (Å²) >= 11 is 17.3. The molecule has 2 amide bonds. The third-order valence-electron chi connectivity index (χ3n) is 1.80. The lowest BCUT2D eigenvalue weighted by atomic mass is 10.3. The summed E-state index contributed by atoms with van der Waals surface area (Å²) in [5.41, 5.74) is 0.411. The number of hydrogen-bond acceptors (Lipinski definition) is 1. The summed E-state index contributed by atoms with van der Waals surface area (Å²) in [6.45, 7) is 0.511. The van der Waals surface area contributed by atoms with Crippen LogP contribution in [0, 0.1) is 0 Å². The SMILES string of the molecule is O=C(NCCCCl)Nc1c(Cl)cccc1Cl. The van der Waals surface area contributed by atoms with E-state index in [1.165, 1.54) is 0 Å². The summed E-state index contributed by atoms with van der Waals surface area (Å²) < 4.78 is 0. The molecule has 0 saturated heterocycles. The van der Waals surface area contributed by atoms with Gasteiger partial charge in [-0.25, -0.2) is 4.79 Å². The number of rotatable bonds is 4. The van der Waals surface area contributed by atoms with Gasteiger partial charge in [-0.15, -0.1) is 11.6 Å². The van der Waals surface area contributed by atoms with Gasteiger partial charge in [0.1, 0.15) is 0 Å². The van der Waals surface area contributed by atoms with Crippen LogP contribution >= 0.6 is 34.8 Å². The van der Waals surface area contributed by atoms with E-state index in [1.54, 1.807) is 18.2 Å². The molecule has 6 heteroatoms. The Labute approximate surface area is 109 Å². The van der Waals surface area contributed by atoms with Crippen molar-refractivity contribution in [1.82, 2.24) is 5.32 Å². The van der Waals surface area contributed by atoms with E-state index in [0.29, 0.717) is 34.6 Å². The van der Waals surface area contributed by atoms with Gasteiger partial charge in [-0.3, -0.25) is 0 Å². The smallest absolute Gasteiger partial charge is 0.319 e. The van der Waals surface area contributed by atoms with Crippen LogP contribution in [0.25, 0.3) is 0 Å². The lowest BCUT2D eigenvalue weighted by Gasteiger charge is -2.09. The first-order chi connectivity index (χ1) is 7.65. The van der Waals surface area contributed by atoms with Crippen molar-refractivity contribution in [2.24, 2.45) is 0 Å². The highest BCUT2D eigenvalue weighted by Crippen LogP contribution is 2.29. The summed E-state index contributed by atoms with van der Waals surface area (Å²) in [5, 5.41) is 6.02. The maximum atomic E-state index is 11.4. The zero-order chi connectivity index (χ0) is 12.0. The second-order valence-corrected chi connectivity index (χ2v) is 4.21. The van der Waals surface area contributed by atoms with E-state index in [0.717, 1.165) is 0 Å². The topological polar surface area (TPSA) is 41.1 Å². The Bertz CT molecular complexity index is 351. The fourth-order valence-corrected chi connectivity index (χ4v) is 1.67. The van der Waals surface area contributed by atoms with Gasteiger partial charge in [-0.2, -0.15) is 0 Å². The predicted molar refractivity (Wildman–Crippen MR) is 68.8 cm³/mol. The van der Waals surface area contributed by atoms with Crippen molar-refractivity contribution in [2.45, 2.75) is 6.42 Å². The molecule has 1 aromatic rings. The molecule has 0 unspecified atom stereocenters. The van der Waals surface area contributed by atoms with Gasteiger partial charge in [-0.05, 0) is 18.6 Å². The summed E-state index contributed by atoms with van der Waals surface area (Å²) in [6.07, 6.45) is 0.714. The maximum Gasteiger partial charge on any atom is 0.319 e. The number of nitrogens with one attached hydrogen (secondary N) is 2. The van der Waals surface area contributed by atoms with Crippen LogP contribution in [-0.2, 0) is 0 Å². The second kappa shape index (κ2) is 6.84. The Hall–Kier alpha value is -0.640. The first-order valence-electron chi connectivity index (χ1n) is 4.70. The Morgan fingerprint density at radius 3 is 2.44 bits per heavy atom. The van der Waals surface area contributed by atoms with E-state index < -0.39 is 0 Å². The number of carbonyl (C=O) groups is 1. The normalized spacial score (nSPS) is 9.94. The second-order valence-electron chi connectivity index (χ2n) is 3.02. The monoisotopic (exact) mass is 280 g/mol. The van der Waals surface area contributed by atoms with Crippen molar-refractivity contribution < 1.29 is 4.79 Å². The number of para-hydroxylation sites is 1. The van der Waals surface area contributed by atoms with Crippen molar-refractivity contribution in [3.8, 4) is 0 Å². The Balaban J connectivity index is 2.56. The molecule has 0 fully saturated rings. The molecule has 0 radical (unpaired) electrons. The molecular weight excluding hydrogens is 270 g/mol. The number of benzene rings is 1. The number of carbonyl (C=O) groups excluding carboxylic acids is 1. The third kappa shape index (κ3) is 4.08. The van der Waals surface area contributed by atoms with E-state index in [9.17, 15) is 4.79 Å². The van der Waals surface area contributed by atoms with Gasteiger partial charge in [0, 0.05) is 12.4 Å². The van der Waals surface area contributed by atoms with Crippen LogP contribution in [0.1, 0.15) is 6.42 Å². The van der Waals surface area contributed by atoms with Crippen LogP contribution in [0.5, 0.6) is 0 Å². The highest BCUT2D eigenvalue weighted by atomic mass is 35.5. The molecule has 0 atom stereocenters. The highest BCUT2D eigenvalue weighted by Gasteiger charge is 2.08. The molecule has 88 valence electrons. The van der Waals surface area contributed by atoms with Crippen LogP contribution in [0.2, 0.25) is 10.0 Å². The van der Waals surface area contributed by atoms with E-state index in [2.05, 4.69) is 10.6 Å². The molecule has 2 N–H and O–H groups in total. The minimum Gasteiger partial charge on any atom is -0.338 e. The number of amides is 2. The summed E-state index contributed by atoms with van der Waals surface area (Å²) in [6, 6.07) is 4.67. The predicted octanol–water partition coefficient (Wildman–Crippen LogP) is 3.74. The molecule has 16 heavy (non-hydrogen) atoms. The highest BCUT2D eigenvalue weighted by molar-refractivity contribution is 6.39. The average Bonchev–Trinajstić information content (AvgIpc) is 2.24. The number of hydrogen-bond donors (Lipinski definition) is 2. The van der Waals surface area contributed by atoms with Gasteiger partial charge in [0.2, 0.25) is 0 Å². The quantitative estimate of drug-likeness (QED) is 0.640. The lowest BCUT2D eigenvalue weighted by Crippen LogP contribution is -2.29. The van der Waals surface area contributed by atoms with Crippen molar-refractivity contribution >= 4 is 46.5 Å². The molecule has 0 bridgehead atoms. The Kier molecular flexibility index (Phi) is 5.74. The molecule has 0 saturated carbocycles. The minimum atomic E-state index is -0.347. The molecule has 0 aliphatic heterocycles. The van der Waals surface area contributed by atoms with E-state index in [4.69, 9.17) is 34.8 Å². The van der Waals surface area contributed by atoms with Crippen molar-refractivity contribution in [3.63, 3.8) is 0 Å². The van der Waals surface area contributed by atoms with Crippen molar-refractivity contribution in [2.75, 3.05) is 17.7 Å². The molecular formula is C10H11Cl3N2O. The van der Waals surface area contributed by atoms with Gasteiger partial charge in [0.15, 0.2) is 0 Å².